The molecule has 4 amide bonds. The maximum atomic E-state index is 15.7. The zero-order chi connectivity index (χ0) is 41.4. The second-order valence-electron chi connectivity index (χ2n) is 16.1. The number of hydrogen-bond acceptors (Lipinski definition) is 9. The summed E-state index contributed by atoms with van der Waals surface area (Å²) in [6.07, 6.45) is 2.41. The van der Waals surface area contributed by atoms with Crippen molar-refractivity contribution >= 4 is 74.7 Å². The summed E-state index contributed by atoms with van der Waals surface area (Å²) in [7, 11) is 1.56. The molecule has 6 atom stereocenters. The summed E-state index contributed by atoms with van der Waals surface area (Å²) >= 11 is 12.9. The summed E-state index contributed by atoms with van der Waals surface area (Å²) in [6, 6.07) is 30.3. The molecule has 5 aromatic rings. The van der Waals surface area contributed by atoms with Gasteiger partial charge in [0.05, 0.1) is 59.9 Å². The van der Waals surface area contributed by atoms with E-state index in [1.165, 1.54) is 11.0 Å². The van der Waals surface area contributed by atoms with Crippen LogP contribution in [0.15, 0.2) is 115 Å². The van der Waals surface area contributed by atoms with Gasteiger partial charge in [-0.3, -0.25) is 29.5 Å². The van der Waals surface area contributed by atoms with Crippen molar-refractivity contribution in [3.8, 4) is 11.5 Å². The normalized spacial score (nSPS) is 26.2. The number of phenolic OH excluding ortho intramolecular Hbond substituents is 1. The number of morpholine rings is 1. The predicted molar refractivity (Wildman–Crippen MR) is 228 cm³/mol. The molecule has 11 nitrogen and oxygen atoms in total. The van der Waals surface area contributed by atoms with E-state index < -0.39 is 46.8 Å². The van der Waals surface area contributed by atoms with Crippen LogP contribution in [0, 0.1) is 23.7 Å². The van der Waals surface area contributed by atoms with Gasteiger partial charge in [0.25, 0.3) is 11.8 Å². The number of carbonyl (C=O) groups is 4. The number of phenols is 1. The van der Waals surface area contributed by atoms with Gasteiger partial charge in [0.2, 0.25) is 11.8 Å². The molecule has 2 aliphatic carbocycles. The first-order chi connectivity index (χ1) is 29.1. The number of nitrogens with zero attached hydrogens (tertiary/aromatic N) is 3. The number of benzene rings is 5. The van der Waals surface area contributed by atoms with Crippen molar-refractivity contribution in [2.45, 2.75) is 24.2 Å². The number of amides is 4. The van der Waals surface area contributed by atoms with Crippen LogP contribution in [0.25, 0.3) is 10.8 Å². The molecule has 5 aromatic carbocycles. The number of allylic oxidation sites excluding steroid dienone is 2. The molecule has 13 heteroatoms. The predicted octanol–water partition coefficient (Wildman–Crippen LogP) is 7.89. The van der Waals surface area contributed by atoms with Crippen LogP contribution in [0.3, 0.4) is 0 Å². The Hall–Kier alpha value is -5.88. The zero-order valence-electron chi connectivity index (χ0n) is 32.5. The van der Waals surface area contributed by atoms with E-state index in [1.54, 1.807) is 37.4 Å². The maximum absolute atomic E-state index is 15.7. The fourth-order valence-corrected chi connectivity index (χ4v) is 11.1. The quantitative estimate of drug-likeness (QED) is 0.124. The summed E-state index contributed by atoms with van der Waals surface area (Å²) in [5.41, 5.74) is 5.37. The lowest BCUT2D eigenvalue weighted by Gasteiger charge is -2.51. The van der Waals surface area contributed by atoms with Gasteiger partial charge in [-0.25, -0.2) is 0 Å². The highest BCUT2D eigenvalue weighted by Crippen LogP contribution is 2.65. The zero-order valence-corrected chi connectivity index (χ0v) is 34.0. The Morgan fingerprint density at radius 2 is 1.52 bits per heavy atom. The number of nitrogens with one attached hydrogen (secondary N) is 1. The van der Waals surface area contributed by atoms with Gasteiger partial charge >= 0.3 is 0 Å². The second kappa shape index (κ2) is 14.7. The van der Waals surface area contributed by atoms with E-state index in [9.17, 15) is 14.7 Å². The summed E-state index contributed by atoms with van der Waals surface area (Å²) in [5.74, 6) is -4.82. The Balaban J connectivity index is 1.14. The Bertz CT molecular complexity index is 2630. The van der Waals surface area contributed by atoms with Crippen molar-refractivity contribution in [2.24, 2.45) is 23.7 Å². The Morgan fingerprint density at radius 3 is 2.23 bits per heavy atom. The Labute approximate surface area is 356 Å². The smallest absolute Gasteiger partial charge is 0.260 e. The standard InChI is InChI=1S/C47H40Cl2N4O7/c1-59-30-13-6-26(7-14-30)47-37(44(56)53(46(47)58)50-39-18-8-27(48)24-38(39)49)25-36-34(42(47)33-17-19-40(54)32-5-3-2-4-31(32)33)15-16-35-41(36)45(57)52(43(35)55)29-11-9-28(10-12-29)51-20-22-60-23-21-51/h2-15,17-19,24,35-37,41-42,50,54H,16,20-23,25H2,1H3. The van der Waals surface area contributed by atoms with Gasteiger partial charge < -0.3 is 19.5 Å². The number of ether oxygens (including phenoxy) is 2. The van der Waals surface area contributed by atoms with Gasteiger partial charge in [-0.2, -0.15) is 5.01 Å². The second-order valence-corrected chi connectivity index (χ2v) is 16.9. The van der Waals surface area contributed by atoms with Crippen LogP contribution in [0.5, 0.6) is 11.5 Å². The van der Waals surface area contributed by atoms with Crippen LogP contribution in [0.1, 0.15) is 29.9 Å². The average molecular weight is 844 g/mol. The topological polar surface area (TPSA) is 129 Å². The molecule has 3 saturated heterocycles. The van der Waals surface area contributed by atoms with Crippen molar-refractivity contribution in [2.75, 3.05) is 48.6 Å². The molecule has 0 radical (unpaired) electrons. The van der Waals surface area contributed by atoms with Crippen LogP contribution in [-0.4, -0.2) is 67.2 Å². The largest absolute Gasteiger partial charge is 0.507 e. The molecule has 0 aromatic heterocycles. The van der Waals surface area contributed by atoms with Crippen molar-refractivity contribution in [3.63, 3.8) is 0 Å². The van der Waals surface area contributed by atoms with E-state index in [4.69, 9.17) is 32.7 Å². The maximum Gasteiger partial charge on any atom is 0.260 e. The number of fused-ring (bicyclic) bond motifs is 5. The highest BCUT2D eigenvalue weighted by molar-refractivity contribution is 6.36. The van der Waals surface area contributed by atoms with Gasteiger partial charge in [0, 0.05) is 35.1 Å². The lowest BCUT2D eigenvalue weighted by atomic mass is 9.49. The molecule has 1 saturated carbocycles. The number of imide groups is 2. The molecule has 10 rings (SSSR count). The third-order valence-corrected chi connectivity index (χ3v) is 13.9. The first-order valence-electron chi connectivity index (χ1n) is 20.1. The number of anilines is 3. The average Bonchev–Trinajstić information content (AvgIpc) is 3.65. The minimum atomic E-state index is -1.55. The lowest BCUT2D eigenvalue weighted by molar-refractivity contribution is -0.138. The summed E-state index contributed by atoms with van der Waals surface area (Å²) in [6.45, 7) is 2.75. The molecule has 6 unspecified atom stereocenters. The van der Waals surface area contributed by atoms with Gasteiger partial charge in [-0.15, -0.1) is 0 Å². The van der Waals surface area contributed by atoms with E-state index >= 15 is 9.59 Å². The van der Waals surface area contributed by atoms with E-state index in [-0.39, 0.29) is 35.4 Å². The van der Waals surface area contributed by atoms with Crippen LogP contribution in [0.2, 0.25) is 10.0 Å². The fourth-order valence-electron chi connectivity index (χ4n) is 10.6. The molecule has 3 heterocycles. The first-order valence-corrected chi connectivity index (χ1v) is 20.8. The molecule has 60 heavy (non-hydrogen) atoms. The van der Waals surface area contributed by atoms with Gasteiger partial charge in [-0.05, 0) is 95.9 Å². The van der Waals surface area contributed by atoms with Crippen molar-refractivity contribution in [3.05, 3.63) is 136 Å². The summed E-state index contributed by atoms with van der Waals surface area (Å²) in [5, 5.41) is 14.1. The Kier molecular flexibility index (Phi) is 9.38. The van der Waals surface area contributed by atoms with Crippen molar-refractivity contribution in [1.29, 1.82) is 0 Å². The third kappa shape index (κ3) is 5.73. The number of methoxy groups -OCH3 is 1. The number of hydrazine groups is 1. The molecule has 0 spiro atoms. The van der Waals surface area contributed by atoms with Crippen molar-refractivity contribution in [1.82, 2.24) is 5.01 Å². The number of rotatable bonds is 7. The van der Waals surface area contributed by atoms with Gasteiger partial charge in [-0.1, -0.05) is 77.3 Å². The minimum absolute atomic E-state index is 0.0655. The Morgan fingerprint density at radius 1 is 0.800 bits per heavy atom. The highest BCUT2D eigenvalue weighted by atomic mass is 35.5. The number of hydrogen-bond donors (Lipinski definition) is 2. The first kappa shape index (κ1) is 38.3. The molecule has 5 aliphatic rings. The lowest BCUT2D eigenvalue weighted by Crippen LogP contribution is -2.53. The van der Waals surface area contributed by atoms with E-state index in [0.29, 0.717) is 57.3 Å². The molecule has 3 aliphatic heterocycles. The number of halogens is 2. The van der Waals surface area contributed by atoms with Crippen LogP contribution >= 0.6 is 23.2 Å². The van der Waals surface area contributed by atoms with Gasteiger partial charge in [0.15, 0.2) is 0 Å². The fraction of sp³-hybridized carbons (Fsp3) is 0.277. The molecular formula is C47H40Cl2N4O7. The molecule has 2 N–H and O–H groups in total. The molecule has 4 fully saturated rings. The van der Waals surface area contributed by atoms with Gasteiger partial charge in [0.1, 0.15) is 11.5 Å². The van der Waals surface area contributed by atoms with Crippen LogP contribution in [-0.2, 0) is 29.3 Å². The molecule has 0 bridgehead atoms. The van der Waals surface area contributed by atoms with Crippen LogP contribution < -0.4 is 20.0 Å². The van der Waals surface area contributed by atoms with Crippen LogP contribution in [0.4, 0.5) is 17.1 Å². The van der Waals surface area contributed by atoms with E-state index in [1.807, 2.05) is 72.8 Å². The number of carbonyl (C=O) groups excluding carboxylic acids is 4. The van der Waals surface area contributed by atoms with Crippen molar-refractivity contribution < 1.29 is 33.8 Å². The molecule has 304 valence electrons. The molecular weight excluding hydrogens is 803 g/mol. The minimum Gasteiger partial charge on any atom is -0.507 e. The monoisotopic (exact) mass is 842 g/mol. The SMILES string of the molecule is COc1ccc(C23C(=O)N(Nc4ccc(Cl)cc4Cl)C(=O)C2CC2C(=CCC4C(=O)N(c5ccc(N6CCOCC6)cc5)C(=O)C42)C3c2ccc(O)c3ccccc23)cc1. The summed E-state index contributed by atoms with van der Waals surface area (Å²) in [4.78, 5) is 63.8. The summed E-state index contributed by atoms with van der Waals surface area (Å²) < 4.78 is 11.1. The van der Waals surface area contributed by atoms with E-state index in [2.05, 4.69) is 10.3 Å². The van der Waals surface area contributed by atoms with E-state index in [0.717, 1.165) is 29.4 Å². The third-order valence-electron chi connectivity index (χ3n) is 13.3. The highest BCUT2D eigenvalue weighted by Gasteiger charge is 2.70. The number of aromatic hydroxyl groups is 1.